The summed E-state index contributed by atoms with van der Waals surface area (Å²) in [6, 6.07) is 4.32. The lowest BCUT2D eigenvalue weighted by atomic mass is 10.3. The van der Waals surface area contributed by atoms with Gasteiger partial charge in [0, 0.05) is 32.1 Å². The molecule has 0 aromatic carbocycles. The molecule has 1 amide bonds. The number of aromatic nitrogens is 1. The quantitative estimate of drug-likeness (QED) is 0.621. The Balaban J connectivity index is 1.88. The summed E-state index contributed by atoms with van der Waals surface area (Å²) in [6.07, 6.45) is 0.278. The number of rotatable bonds is 5. The topological polar surface area (TPSA) is 121 Å². The summed E-state index contributed by atoms with van der Waals surface area (Å²) < 4.78 is 5.17. The maximum absolute atomic E-state index is 11.9. The van der Waals surface area contributed by atoms with Gasteiger partial charge in [-0.25, -0.2) is 4.98 Å². The highest BCUT2D eigenvalue weighted by atomic mass is 16.6. The van der Waals surface area contributed by atoms with Crippen LogP contribution < -0.4 is 5.32 Å². The maximum atomic E-state index is 11.9. The van der Waals surface area contributed by atoms with Crippen molar-refractivity contribution in [3.63, 3.8) is 0 Å². The molecule has 0 atom stereocenters. The van der Waals surface area contributed by atoms with Crippen LogP contribution in [0.25, 0.3) is 0 Å². The van der Waals surface area contributed by atoms with Gasteiger partial charge in [-0.2, -0.15) is 5.26 Å². The van der Waals surface area contributed by atoms with E-state index in [1.807, 2.05) is 0 Å². The molecule has 0 radical (unpaired) electrons. The smallest absolute Gasteiger partial charge is 0.305 e. The number of nitro groups is 1. The number of ether oxygens (including phenoxy) is 1. The lowest BCUT2D eigenvalue weighted by Gasteiger charge is -2.26. The van der Waals surface area contributed by atoms with Crippen LogP contribution in [0.2, 0.25) is 0 Å². The average molecular weight is 305 g/mol. The van der Waals surface area contributed by atoms with Crippen molar-refractivity contribution in [3.05, 3.63) is 27.9 Å². The molecule has 2 heterocycles. The molecule has 0 spiro atoms. The Morgan fingerprint density at radius 3 is 2.86 bits per heavy atom. The SMILES string of the molecule is N#Cc1nc(NCCC(=O)N2CCOCC2)ccc1[N+](=O)[O-]. The molecule has 116 valence electrons. The van der Waals surface area contributed by atoms with Gasteiger partial charge in [0.25, 0.3) is 0 Å². The Labute approximate surface area is 126 Å². The highest BCUT2D eigenvalue weighted by Gasteiger charge is 2.17. The monoisotopic (exact) mass is 305 g/mol. The highest BCUT2D eigenvalue weighted by Crippen LogP contribution is 2.18. The molecule has 1 aliphatic rings. The van der Waals surface area contributed by atoms with Gasteiger partial charge in [-0.3, -0.25) is 14.9 Å². The fourth-order valence-corrected chi connectivity index (χ4v) is 2.05. The first-order valence-electron chi connectivity index (χ1n) is 6.76. The highest BCUT2D eigenvalue weighted by molar-refractivity contribution is 5.76. The van der Waals surface area contributed by atoms with Crippen LogP contribution in [0.4, 0.5) is 11.5 Å². The minimum absolute atomic E-state index is 0.0122. The van der Waals surface area contributed by atoms with Gasteiger partial charge >= 0.3 is 5.69 Å². The Bertz CT molecular complexity index is 607. The number of hydrogen-bond donors (Lipinski definition) is 1. The van der Waals surface area contributed by atoms with Gasteiger partial charge in [0.05, 0.1) is 18.1 Å². The molecule has 0 unspecified atom stereocenters. The van der Waals surface area contributed by atoms with Crippen LogP contribution >= 0.6 is 0 Å². The second-order valence-corrected chi connectivity index (χ2v) is 4.60. The number of hydrogen-bond acceptors (Lipinski definition) is 7. The summed E-state index contributed by atoms with van der Waals surface area (Å²) in [5.41, 5.74) is -0.591. The fraction of sp³-hybridized carbons (Fsp3) is 0.462. The summed E-state index contributed by atoms with van der Waals surface area (Å²) in [4.78, 5) is 27.6. The number of pyridine rings is 1. The standard InChI is InChI=1S/C13H15N5O4/c14-9-10-11(18(20)21)1-2-12(16-10)15-4-3-13(19)17-5-7-22-8-6-17/h1-2H,3-8H2,(H,15,16). The van der Waals surface area contributed by atoms with Crippen molar-refractivity contribution in [3.8, 4) is 6.07 Å². The predicted octanol–water partition coefficient (Wildman–Crippen LogP) is 0.522. The summed E-state index contributed by atoms with van der Waals surface area (Å²) in [6.45, 7) is 2.62. The van der Waals surface area contributed by atoms with Crippen LogP contribution in [-0.2, 0) is 9.53 Å². The first-order chi connectivity index (χ1) is 10.6. The van der Waals surface area contributed by atoms with E-state index in [1.165, 1.54) is 12.1 Å². The molecule has 0 saturated carbocycles. The van der Waals surface area contributed by atoms with Crippen molar-refractivity contribution in [2.45, 2.75) is 6.42 Å². The Morgan fingerprint density at radius 2 is 2.23 bits per heavy atom. The van der Waals surface area contributed by atoms with Crippen LogP contribution in [0.3, 0.4) is 0 Å². The third-order valence-corrected chi connectivity index (χ3v) is 3.19. The van der Waals surface area contributed by atoms with Crippen molar-refractivity contribution >= 4 is 17.4 Å². The van der Waals surface area contributed by atoms with Crippen molar-refractivity contribution in [2.75, 3.05) is 38.2 Å². The molecule has 9 nitrogen and oxygen atoms in total. The maximum Gasteiger partial charge on any atom is 0.305 e. The first kappa shape index (κ1) is 15.7. The van der Waals surface area contributed by atoms with Crippen LogP contribution in [0.5, 0.6) is 0 Å². The summed E-state index contributed by atoms with van der Waals surface area (Å²) in [5, 5.41) is 22.5. The Kier molecular flexibility index (Phi) is 5.21. The van der Waals surface area contributed by atoms with Gasteiger partial charge < -0.3 is 15.0 Å². The molecule has 22 heavy (non-hydrogen) atoms. The van der Waals surface area contributed by atoms with Crippen molar-refractivity contribution in [2.24, 2.45) is 0 Å². The van der Waals surface area contributed by atoms with Gasteiger partial charge in [-0.15, -0.1) is 0 Å². The average Bonchev–Trinajstić information content (AvgIpc) is 2.55. The van der Waals surface area contributed by atoms with Crippen LogP contribution in [0, 0.1) is 21.4 Å². The van der Waals surface area contributed by atoms with E-state index >= 15 is 0 Å². The Hall–Kier alpha value is -2.73. The van der Waals surface area contributed by atoms with Gasteiger partial charge in [0.15, 0.2) is 0 Å². The Morgan fingerprint density at radius 1 is 1.50 bits per heavy atom. The van der Waals surface area contributed by atoms with Crippen LogP contribution in [-0.4, -0.2) is 53.6 Å². The first-order valence-corrected chi connectivity index (χ1v) is 6.76. The molecular weight excluding hydrogens is 290 g/mol. The van der Waals surface area contributed by atoms with Gasteiger partial charge in [0.2, 0.25) is 11.6 Å². The minimum Gasteiger partial charge on any atom is -0.378 e. The van der Waals surface area contributed by atoms with Crippen molar-refractivity contribution in [1.82, 2.24) is 9.88 Å². The third-order valence-electron chi connectivity index (χ3n) is 3.19. The summed E-state index contributed by atoms with van der Waals surface area (Å²) in [7, 11) is 0. The van der Waals surface area contributed by atoms with Crippen molar-refractivity contribution < 1.29 is 14.5 Å². The zero-order valence-corrected chi connectivity index (χ0v) is 11.8. The summed E-state index contributed by atoms with van der Waals surface area (Å²) >= 11 is 0. The van der Waals surface area contributed by atoms with Gasteiger partial charge in [0.1, 0.15) is 11.9 Å². The van der Waals surface area contributed by atoms with E-state index in [4.69, 9.17) is 10.00 Å². The van der Waals surface area contributed by atoms with E-state index in [0.717, 1.165) is 0 Å². The number of nitriles is 1. The number of carbonyl (C=O) groups is 1. The molecule has 2 rings (SSSR count). The molecule has 0 bridgehead atoms. The molecule has 1 aliphatic heterocycles. The number of morpholine rings is 1. The molecule has 0 aliphatic carbocycles. The number of anilines is 1. The summed E-state index contributed by atoms with van der Waals surface area (Å²) in [5.74, 6) is 0.343. The second kappa shape index (κ2) is 7.33. The predicted molar refractivity (Wildman–Crippen MR) is 76.1 cm³/mol. The van der Waals surface area contributed by atoms with Gasteiger partial charge in [-0.1, -0.05) is 0 Å². The molecule has 1 aromatic rings. The van der Waals surface area contributed by atoms with E-state index in [9.17, 15) is 14.9 Å². The van der Waals surface area contributed by atoms with E-state index < -0.39 is 4.92 Å². The molecule has 1 saturated heterocycles. The fourth-order valence-electron chi connectivity index (χ4n) is 2.05. The zero-order valence-electron chi connectivity index (χ0n) is 11.8. The molecule has 1 N–H and O–H groups in total. The molecule has 1 aromatic heterocycles. The molecular formula is C13H15N5O4. The number of nitrogens with one attached hydrogen (secondary N) is 1. The third kappa shape index (κ3) is 3.89. The van der Waals surface area contributed by atoms with Gasteiger partial charge in [-0.05, 0) is 6.07 Å². The van der Waals surface area contributed by atoms with Crippen LogP contribution in [0.1, 0.15) is 12.1 Å². The van der Waals surface area contributed by atoms with Crippen LogP contribution in [0.15, 0.2) is 12.1 Å². The minimum atomic E-state index is -0.655. The van der Waals surface area contributed by atoms with E-state index in [-0.39, 0.29) is 23.7 Å². The largest absolute Gasteiger partial charge is 0.378 e. The lowest BCUT2D eigenvalue weighted by molar-refractivity contribution is -0.385. The number of carbonyl (C=O) groups excluding carboxylic acids is 1. The molecule has 9 heteroatoms. The lowest BCUT2D eigenvalue weighted by Crippen LogP contribution is -2.41. The second-order valence-electron chi connectivity index (χ2n) is 4.60. The zero-order chi connectivity index (χ0) is 15.9. The normalized spacial score (nSPS) is 14.2. The van der Waals surface area contributed by atoms with E-state index in [1.54, 1.807) is 11.0 Å². The number of nitrogens with zero attached hydrogens (tertiary/aromatic N) is 4. The van der Waals surface area contributed by atoms with E-state index in [2.05, 4.69) is 10.3 Å². The molecule has 1 fully saturated rings. The van der Waals surface area contributed by atoms with E-state index in [0.29, 0.717) is 38.7 Å². The number of amides is 1. The van der Waals surface area contributed by atoms with Crippen molar-refractivity contribution in [1.29, 1.82) is 5.26 Å².